The fraction of sp³-hybridized carbons (Fsp3) is 0.560. The maximum Gasteiger partial charge on any atom is 0.246 e. The van der Waals surface area contributed by atoms with Gasteiger partial charge in [-0.15, -0.1) is 0 Å². The van der Waals surface area contributed by atoms with Crippen LogP contribution in [0.5, 0.6) is 11.5 Å². The van der Waals surface area contributed by atoms with E-state index in [1.54, 1.807) is 93.0 Å². The minimum absolute atomic E-state index is 0.00116. The van der Waals surface area contributed by atoms with Crippen molar-refractivity contribution < 1.29 is 101 Å². The Labute approximate surface area is 787 Å². The maximum atomic E-state index is 15.8. The Morgan fingerprint density at radius 2 is 1.11 bits per heavy atom. The number of fused-ring (bicyclic) bond motifs is 4. The summed E-state index contributed by atoms with van der Waals surface area (Å²) in [4.78, 5) is 262. The molecule has 5 aromatic rings. The number of carbonyl (C=O) groups excluding carboxylic acids is 17. The number of amides is 16. The molecule has 0 bridgehead atoms. The van der Waals surface area contributed by atoms with Crippen molar-refractivity contribution in [1.29, 1.82) is 5.41 Å². The monoisotopic (exact) mass is 1900 g/mol. The summed E-state index contributed by atoms with van der Waals surface area (Å²) in [5.74, 6) is -18.2. The van der Waals surface area contributed by atoms with Crippen molar-refractivity contribution in [2.45, 2.75) is 228 Å². The number of benzene rings is 3. The van der Waals surface area contributed by atoms with E-state index in [2.05, 4.69) is 63.1 Å². The van der Waals surface area contributed by atoms with Crippen LogP contribution in [0, 0.1) is 17.2 Å². The Morgan fingerprint density at radius 3 is 1.71 bits per heavy atom. The average Bonchev–Trinajstić information content (AvgIpc) is 1.63. The first-order valence-electron chi connectivity index (χ1n) is 45.4. The van der Waals surface area contributed by atoms with Crippen LogP contribution in [-0.4, -0.2) is 322 Å². The molecular weight excluding hydrogens is 1770 g/mol. The molecule has 135 heavy (non-hydrogen) atoms. The Bertz CT molecular complexity index is 5070. The van der Waals surface area contributed by atoms with Crippen molar-refractivity contribution in [3.8, 4) is 11.5 Å². The molecule has 8 rings (SSSR count). The second kappa shape index (κ2) is 51.5. The molecule has 0 radical (unpaired) electrons. The Kier molecular flexibility index (Phi) is 40.9. The van der Waals surface area contributed by atoms with Crippen LogP contribution in [0.3, 0.4) is 0 Å². The van der Waals surface area contributed by atoms with Gasteiger partial charge in [0.2, 0.25) is 94.5 Å². The van der Waals surface area contributed by atoms with Gasteiger partial charge in [0, 0.05) is 119 Å². The number of thioether (sulfide) groups is 1. The third-order valence-electron chi connectivity index (χ3n) is 24.4. The standard InChI is InChI=1S/C91H132N22O21S/c1-11-13-26-68-83(125)102-60(25-19-31-97-91(95)96)72(116)38-54(79(121)100-44-76(94)118)47-135-48-77(119)101-63(34-51-29-30-73(133-9)74(35-51)134-10)86(128)109(6)50(5)78(120)104-65(40-75(93)117)88(130)112-32-20-28-69(112)84(126)107-66(41-92)81(123)105-62(33-49(3)4)89(131)113-45-55(115)39-71(113)85(127)103-61(36-52-42-98-58-23-17-15-21-56(52)58)80(122)108-67(46-114)82(124)106-64(37-53-43-99-59-24-18-16-22-57(53)59)87(129)111(8)70(27-14-12-2)90(132)110(68)7/h15-18,21-24,29-30,35,42-43,49-50,54-55,60-71,98-99,114-115H,11-14,19-20,25-28,31-34,36-41,44-48,92H2,1-10H3,(H2,93,117)(H2,94,118)(H,100,121)(H,101,119)(H,102,125)(H,103,127)(H,104,120)(H,105,123)(H,106,124)(H,107,126)(H,108,122)(H4,95,96,97)/t50-,54-,55+,60-,61?,62-,63-,64-,65-,66-,67-,68-,69-,70-,71-/m0/s1. The molecule has 738 valence electrons. The number of unbranched alkanes of at least 4 members (excludes halogenated alkanes) is 2. The van der Waals surface area contributed by atoms with Crippen molar-refractivity contribution in [1.82, 2.24) is 87.6 Å². The normalized spacial score (nSPS) is 24.8. The van der Waals surface area contributed by atoms with Crippen LogP contribution in [0.4, 0.5) is 0 Å². The maximum absolute atomic E-state index is 15.8. The van der Waals surface area contributed by atoms with E-state index in [1.807, 2.05) is 13.8 Å². The summed E-state index contributed by atoms with van der Waals surface area (Å²) in [7, 11) is 6.71. The number of H-pyrrole nitrogens is 2. The summed E-state index contributed by atoms with van der Waals surface area (Å²) in [6.45, 7) is 5.50. The van der Waals surface area contributed by atoms with E-state index < -0.39 is 242 Å². The van der Waals surface area contributed by atoms with Crippen LogP contribution < -0.4 is 85.6 Å². The molecule has 16 amide bonds. The number of nitrogens with zero attached hydrogens (tertiary/aromatic N) is 5. The number of ketones is 1. The topological polar surface area (TPSA) is 645 Å². The summed E-state index contributed by atoms with van der Waals surface area (Å²) in [5, 5.41) is 58.1. The summed E-state index contributed by atoms with van der Waals surface area (Å²) >= 11 is 0.827. The number of para-hydroxylation sites is 2. The zero-order valence-electron chi connectivity index (χ0n) is 78.0. The van der Waals surface area contributed by atoms with E-state index in [1.165, 1.54) is 47.2 Å². The van der Waals surface area contributed by atoms with E-state index >= 15 is 43.2 Å². The van der Waals surface area contributed by atoms with Crippen LogP contribution in [0.25, 0.3) is 21.8 Å². The smallest absolute Gasteiger partial charge is 0.246 e. The van der Waals surface area contributed by atoms with Crippen molar-refractivity contribution >= 4 is 140 Å². The first kappa shape index (κ1) is 107. The molecule has 3 aliphatic heterocycles. The fourth-order valence-corrected chi connectivity index (χ4v) is 17.8. The van der Waals surface area contributed by atoms with Gasteiger partial charge in [0.15, 0.2) is 23.2 Å². The van der Waals surface area contributed by atoms with Gasteiger partial charge in [-0.3, -0.25) is 86.9 Å². The molecule has 3 fully saturated rings. The number of rotatable bonds is 27. The van der Waals surface area contributed by atoms with Gasteiger partial charge >= 0.3 is 0 Å². The number of hydrogen-bond acceptors (Lipinski definition) is 24. The number of likely N-dealkylation sites (N-methyl/N-ethyl adjacent to an activating group) is 3. The second-order valence-electron chi connectivity index (χ2n) is 34.8. The minimum atomic E-state index is -1.89. The van der Waals surface area contributed by atoms with E-state index in [9.17, 15) is 48.6 Å². The molecular formula is C91H132N22O21S. The number of aliphatic hydroxyl groups excluding tert-OH is 2. The van der Waals surface area contributed by atoms with Gasteiger partial charge in [0.25, 0.3) is 0 Å². The lowest BCUT2D eigenvalue weighted by Crippen LogP contribution is -2.62. The third kappa shape index (κ3) is 29.8. The van der Waals surface area contributed by atoms with Crippen LogP contribution in [0.2, 0.25) is 0 Å². The van der Waals surface area contributed by atoms with Gasteiger partial charge in [0.1, 0.15) is 72.5 Å². The summed E-state index contributed by atoms with van der Waals surface area (Å²) in [6, 6.07) is -1.37. The number of nitrogens with one attached hydrogen (secondary N) is 13. The lowest BCUT2D eigenvalue weighted by Gasteiger charge is -2.36. The molecule has 3 aromatic carbocycles. The Hall–Kier alpha value is -13.0. The highest BCUT2D eigenvalue weighted by atomic mass is 32.2. The Balaban J connectivity index is 1.20. The zero-order valence-corrected chi connectivity index (χ0v) is 78.8. The van der Waals surface area contributed by atoms with Gasteiger partial charge in [0.05, 0.1) is 57.6 Å². The number of carbonyl (C=O) groups is 17. The zero-order chi connectivity index (χ0) is 99.2. The molecule has 1 unspecified atom stereocenters. The first-order chi connectivity index (χ1) is 64.3. The minimum Gasteiger partial charge on any atom is -0.493 e. The number of aromatic nitrogens is 2. The molecule has 44 heteroatoms. The summed E-state index contributed by atoms with van der Waals surface area (Å²) < 4.78 is 11.0. The van der Waals surface area contributed by atoms with Crippen molar-refractivity contribution in [2.24, 2.45) is 34.8 Å². The van der Waals surface area contributed by atoms with Crippen LogP contribution >= 0.6 is 11.8 Å². The highest BCUT2D eigenvalue weighted by Crippen LogP contribution is 2.31. The number of aromatic amines is 2. The van der Waals surface area contributed by atoms with Crippen LogP contribution in [0.15, 0.2) is 79.1 Å². The SMILES string of the molecule is CCCC[C@H]1C(=O)N(C)[C@@H](CCCC)C(=O)N[C@@H](CCCNC(=N)N)C(=O)C[C@H](C(=O)NCC(N)=O)CSCC(=O)N[C@@H](Cc2ccc(OC)c(OC)c2)C(=O)N(C)[C@@H](C)C(=O)N[C@@H](CC(N)=O)C(=O)N2CCC[C@H]2C(=O)N[C@@H](CN)C(=O)N[C@@H](CC(C)C)C(=O)N2C[C@H](O)C[C@H]2C(=O)NC(Cc2c[nH]c3ccccc23)C(=O)N[C@@H](CO)C(=O)N[C@@H](Cc2c[nH]c3ccccc23)C(=O)N1C. The van der Waals surface area contributed by atoms with Gasteiger partial charge in [-0.25, -0.2) is 0 Å². The number of aliphatic hydroxyl groups is 2. The molecule has 23 N–H and O–H groups in total. The van der Waals surface area contributed by atoms with E-state index in [0.29, 0.717) is 69.9 Å². The Morgan fingerprint density at radius 1 is 0.570 bits per heavy atom. The van der Waals surface area contributed by atoms with Crippen LogP contribution in [0.1, 0.15) is 141 Å². The number of Topliss-reactive ketones (excluding diaryl/α,β-unsaturated/α-hetero) is 1. The van der Waals surface area contributed by atoms with Crippen molar-refractivity contribution in [3.63, 3.8) is 0 Å². The summed E-state index contributed by atoms with van der Waals surface area (Å²) in [6.07, 6.45) is 0.806. The van der Waals surface area contributed by atoms with E-state index in [-0.39, 0.29) is 101 Å². The fourth-order valence-electron chi connectivity index (χ4n) is 16.8. The number of methoxy groups -OCH3 is 2. The van der Waals surface area contributed by atoms with Crippen molar-refractivity contribution in [2.75, 3.05) is 86.2 Å². The number of guanidine groups is 1. The molecule has 0 spiro atoms. The lowest BCUT2D eigenvalue weighted by molar-refractivity contribution is -0.149. The van der Waals surface area contributed by atoms with Gasteiger partial charge in [-0.2, -0.15) is 11.8 Å². The van der Waals surface area contributed by atoms with Crippen molar-refractivity contribution in [3.05, 3.63) is 95.8 Å². The number of ether oxygens (including phenoxy) is 2. The largest absolute Gasteiger partial charge is 0.493 e. The predicted octanol–water partition coefficient (Wildman–Crippen LogP) is -2.53. The second-order valence-corrected chi connectivity index (χ2v) is 35.8. The molecule has 0 saturated carbocycles. The first-order valence-corrected chi connectivity index (χ1v) is 46.6. The predicted molar refractivity (Wildman–Crippen MR) is 499 cm³/mol. The molecule has 3 saturated heterocycles. The molecule has 0 aliphatic carbocycles. The average molecular weight is 1900 g/mol. The molecule has 2 aromatic heterocycles. The third-order valence-corrected chi connectivity index (χ3v) is 25.5. The quantitative estimate of drug-likeness (QED) is 0.0146. The highest BCUT2D eigenvalue weighted by molar-refractivity contribution is 7.99. The highest BCUT2D eigenvalue weighted by Gasteiger charge is 2.47. The van der Waals surface area contributed by atoms with Gasteiger partial charge in [-0.1, -0.05) is 95.8 Å². The summed E-state index contributed by atoms with van der Waals surface area (Å²) in [5.41, 5.74) is 25.7. The molecule has 43 nitrogen and oxygen atoms in total. The molecule has 3 aliphatic rings. The molecule has 15 atom stereocenters. The number of nitrogens with two attached hydrogens (primary N) is 4. The van der Waals surface area contributed by atoms with E-state index in [4.69, 9.17) is 37.8 Å². The number of hydrogen-bond donors (Lipinski definition) is 19. The van der Waals surface area contributed by atoms with Gasteiger partial charge < -0.3 is 130 Å². The van der Waals surface area contributed by atoms with Crippen LogP contribution in [-0.2, 0) is 101 Å². The lowest BCUT2D eigenvalue weighted by atomic mass is 9.95. The number of primary amides is 2. The molecule has 5 heterocycles. The van der Waals surface area contributed by atoms with Gasteiger partial charge in [-0.05, 0) is 98.7 Å². The van der Waals surface area contributed by atoms with E-state index in [0.717, 1.165) is 31.4 Å².